The average molecular weight is 708 g/mol. The first kappa shape index (κ1) is 34.1. The Morgan fingerprint density at radius 1 is 0.528 bits per heavy atom. The van der Waals surface area contributed by atoms with Gasteiger partial charge in [0.15, 0.2) is 11.4 Å². The Bertz CT molecular complexity index is 2620. The van der Waals surface area contributed by atoms with Crippen LogP contribution in [0, 0.1) is 35.8 Å². The number of benzene rings is 6. The van der Waals surface area contributed by atoms with E-state index in [2.05, 4.69) is 21.8 Å². The molecule has 11 heteroatoms. The lowest BCUT2D eigenvalue weighted by atomic mass is 9.95. The van der Waals surface area contributed by atoms with Crippen LogP contribution in [0.15, 0.2) is 115 Å². The summed E-state index contributed by atoms with van der Waals surface area (Å²) in [7, 11) is 0. The maximum atomic E-state index is 14.5. The summed E-state index contributed by atoms with van der Waals surface area (Å²) in [5.41, 5.74) is 1.58. The fraction of sp³-hybridized carbons (Fsp3) is 0.0476. The highest BCUT2D eigenvalue weighted by atomic mass is 19.4. The van der Waals surface area contributed by atoms with Gasteiger partial charge in [0, 0.05) is 27.5 Å². The van der Waals surface area contributed by atoms with E-state index in [0.717, 1.165) is 6.07 Å². The molecule has 7 rings (SSSR count). The van der Waals surface area contributed by atoms with Gasteiger partial charge in [-0.3, -0.25) is 0 Å². The summed E-state index contributed by atoms with van der Waals surface area (Å²) in [5, 5.41) is 20.5. The summed E-state index contributed by atoms with van der Waals surface area (Å²) in [5.74, 6) is 0. The van der Waals surface area contributed by atoms with Crippen molar-refractivity contribution in [2.75, 3.05) is 0 Å². The number of aromatic nitrogens is 1. The second-order valence-corrected chi connectivity index (χ2v) is 12.1. The molecule has 0 saturated carbocycles. The number of alkyl halides is 6. The summed E-state index contributed by atoms with van der Waals surface area (Å²) in [4.78, 5) is 6.97. The molecule has 0 unspecified atom stereocenters. The van der Waals surface area contributed by atoms with Crippen LogP contribution in [-0.4, -0.2) is 4.57 Å². The zero-order valence-corrected chi connectivity index (χ0v) is 27.0. The number of fused-ring (bicyclic) bond motifs is 3. The fourth-order valence-electron chi connectivity index (χ4n) is 6.54. The first-order valence-corrected chi connectivity index (χ1v) is 15.7. The monoisotopic (exact) mass is 707 g/mol. The van der Waals surface area contributed by atoms with Crippen molar-refractivity contribution in [1.29, 1.82) is 10.5 Å². The Balaban J connectivity index is 1.55. The van der Waals surface area contributed by atoms with Crippen molar-refractivity contribution < 1.29 is 26.3 Å². The van der Waals surface area contributed by atoms with Crippen LogP contribution in [0.3, 0.4) is 0 Å². The third-order valence-electron chi connectivity index (χ3n) is 8.87. The molecular weight excluding hydrogens is 688 g/mol. The molecule has 0 N–H and O–H groups in total. The molecule has 0 aliphatic rings. The maximum Gasteiger partial charge on any atom is 0.417 e. The fourth-order valence-corrected chi connectivity index (χ4v) is 6.54. The van der Waals surface area contributed by atoms with Crippen molar-refractivity contribution in [2.24, 2.45) is 0 Å². The van der Waals surface area contributed by atoms with E-state index >= 15 is 0 Å². The second-order valence-electron chi connectivity index (χ2n) is 12.1. The minimum absolute atomic E-state index is 0.0346. The number of nitrogens with zero attached hydrogens (tertiary/aromatic N) is 5. The molecule has 0 spiro atoms. The predicted molar refractivity (Wildman–Crippen MR) is 189 cm³/mol. The highest BCUT2D eigenvalue weighted by Gasteiger charge is 2.39. The summed E-state index contributed by atoms with van der Waals surface area (Å²) >= 11 is 0. The highest BCUT2D eigenvalue weighted by Crippen LogP contribution is 2.45. The number of halogens is 6. The molecule has 0 atom stereocenters. The molecule has 1 aromatic heterocycles. The predicted octanol–water partition coefficient (Wildman–Crippen LogP) is 12.7. The van der Waals surface area contributed by atoms with Crippen LogP contribution in [0.1, 0.15) is 22.3 Å². The van der Waals surface area contributed by atoms with Gasteiger partial charge in [0.25, 0.3) is 0 Å². The number of hydrogen-bond acceptors (Lipinski definition) is 2. The Labute approximate surface area is 298 Å². The summed E-state index contributed by atoms with van der Waals surface area (Å²) < 4.78 is 85.9. The van der Waals surface area contributed by atoms with E-state index in [1.165, 1.54) is 24.3 Å². The van der Waals surface area contributed by atoms with Crippen molar-refractivity contribution >= 4 is 33.2 Å². The Morgan fingerprint density at radius 3 is 1.53 bits per heavy atom. The molecule has 7 aromatic rings. The van der Waals surface area contributed by atoms with Crippen LogP contribution in [0.25, 0.3) is 70.6 Å². The van der Waals surface area contributed by atoms with Crippen LogP contribution < -0.4 is 0 Å². The van der Waals surface area contributed by atoms with Gasteiger partial charge in [-0.2, -0.15) is 36.9 Å². The highest BCUT2D eigenvalue weighted by molar-refractivity contribution is 6.12. The molecule has 0 fully saturated rings. The summed E-state index contributed by atoms with van der Waals surface area (Å²) in [6.07, 6.45) is -10.1. The van der Waals surface area contributed by atoms with Crippen LogP contribution in [0.5, 0.6) is 0 Å². The first-order valence-electron chi connectivity index (χ1n) is 15.7. The van der Waals surface area contributed by atoms with E-state index in [4.69, 9.17) is 13.1 Å². The standard InChI is InChI=1S/C42H19F6N5/c1-51-31-15-24(22-49)13-28(17-31)26-7-11-39-35(19-26)36-20-27(29-14-25(23-50)16-32(18-29)52-2)8-12-40(36)53(39)38-6-4-3-5-34(38)33-10-9-30(41(43,44)45)21-37(33)42(46,47)48/h3-21H. The second kappa shape index (κ2) is 12.8. The van der Waals surface area contributed by atoms with Gasteiger partial charge in [0.05, 0.1) is 53.1 Å². The topological polar surface area (TPSA) is 61.2 Å². The van der Waals surface area contributed by atoms with Crippen LogP contribution in [0.4, 0.5) is 37.7 Å². The molecular formula is C42H19F6N5. The van der Waals surface area contributed by atoms with E-state index in [1.54, 1.807) is 65.2 Å². The third-order valence-corrected chi connectivity index (χ3v) is 8.87. The van der Waals surface area contributed by atoms with Crippen molar-refractivity contribution in [3.05, 3.63) is 160 Å². The largest absolute Gasteiger partial charge is 0.417 e. The Hall–Kier alpha value is -7.34. The van der Waals surface area contributed by atoms with Crippen LogP contribution >= 0.6 is 0 Å². The van der Waals surface area contributed by atoms with Gasteiger partial charge in [0.2, 0.25) is 0 Å². The first-order chi connectivity index (χ1) is 25.3. The molecule has 0 aliphatic heterocycles. The van der Waals surface area contributed by atoms with Gasteiger partial charge >= 0.3 is 12.4 Å². The molecule has 0 bridgehead atoms. The van der Waals surface area contributed by atoms with Crippen molar-refractivity contribution in [2.45, 2.75) is 12.4 Å². The molecule has 5 nitrogen and oxygen atoms in total. The van der Waals surface area contributed by atoms with E-state index in [-0.39, 0.29) is 39.8 Å². The van der Waals surface area contributed by atoms with Crippen molar-refractivity contribution in [1.82, 2.24) is 4.57 Å². The number of hydrogen-bond donors (Lipinski definition) is 0. The van der Waals surface area contributed by atoms with E-state index in [0.29, 0.717) is 50.1 Å². The van der Waals surface area contributed by atoms with Gasteiger partial charge in [0.1, 0.15) is 0 Å². The SMILES string of the molecule is [C-]#[N+]c1cc(C#N)cc(-c2ccc3c(c2)c2cc(-c4cc(C#N)cc([N+]#[C-])c4)ccc2n3-c2ccccc2-c2ccc(C(F)(F)F)cc2C(F)(F)F)c1. The van der Waals surface area contributed by atoms with E-state index < -0.39 is 29.0 Å². The average Bonchev–Trinajstić information content (AvgIpc) is 3.49. The number of rotatable bonds is 4. The maximum absolute atomic E-state index is 14.5. The van der Waals surface area contributed by atoms with Gasteiger partial charge in [-0.15, -0.1) is 0 Å². The van der Waals surface area contributed by atoms with Crippen molar-refractivity contribution in [3.8, 4) is 51.2 Å². The molecule has 0 amide bonds. The number of para-hydroxylation sites is 1. The van der Waals surface area contributed by atoms with E-state index in [9.17, 15) is 36.9 Å². The number of nitriles is 2. The minimum Gasteiger partial charge on any atom is -0.309 e. The third kappa shape index (κ3) is 6.18. The lowest BCUT2D eigenvalue weighted by Crippen LogP contribution is -2.12. The molecule has 0 saturated heterocycles. The van der Waals surface area contributed by atoms with Crippen LogP contribution in [0.2, 0.25) is 0 Å². The zero-order valence-electron chi connectivity index (χ0n) is 27.0. The van der Waals surface area contributed by atoms with Crippen LogP contribution in [-0.2, 0) is 12.4 Å². The van der Waals surface area contributed by atoms with E-state index in [1.807, 2.05) is 12.1 Å². The van der Waals surface area contributed by atoms with Gasteiger partial charge in [-0.25, -0.2) is 9.69 Å². The molecule has 53 heavy (non-hydrogen) atoms. The molecule has 0 aliphatic carbocycles. The quantitative estimate of drug-likeness (QED) is 0.135. The smallest absolute Gasteiger partial charge is 0.309 e. The normalized spacial score (nSPS) is 11.5. The zero-order chi connectivity index (χ0) is 37.7. The summed E-state index contributed by atoms with van der Waals surface area (Å²) in [6, 6.07) is 32.0. The lowest BCUT2D eigenvalue weighted by Gasteiger charge is -2.19. The Kier molecular flexibility index (Phi) is 8.22. The Morgan fingerprint density at radius 2 is 1.06 bits per heavy atom. The molecule has 0 radical (unpaired) electrons. The minimum atomic E-state index is -5.11. The van der Waals surface area contributed by atoms with Gasteiger partial charge in [-0.05, 0) is 107 Å². The van der Waals surface area contributed by atoms with Crippen molar-refractivity contribution in [3.63, 3.8) is 0 Å². The summed E-state index contributed by atoms with van der Waals surface area (Å²) in [6.45, 7) is 15.0. The van der Waals surface area contributed by atoms with Gasteiger partial charge in [-0.1, -0.05) is 36.4 Å². The molecule has 1 heterocycles. The molecule has 254 valence electrons. The molecule has 6 aromatic carbocycles. The lowest BCUT2D eigenvalue weighted by molar-refractivity contribution is -0.142. The van der Waals surface area contributed by atoms with Gasteiger partial charge < -0.3 is 4.57 Å².